The van der Waals surface area contributed by atoms with Gasteiger partial charge in [-0.05, 0) is 24.1 Å². The van der Waals surface area contributed by atoms with Gasteiger partial charge in [-0.2, -0.15) is 0 Å². The van der Waals surface area contributed by atoms with E-state index in [1.54, 1.807) is 19.9 Å². The van der Waals surface area contributed by atoms with Crippen molar-refractivity contribution in [3.63, 3.8) is 0 Å². The number of benzene rings is 1. The highest BCUT2D eigenvalue weighted by atomic mass is 79.9. The summed E-state index contributed by atoms with van der Waals surface area (Å²) in [5.41, 5.74) is 0.229. The van der Waals surface area contributed by atoms with Crippen LogP contribution in [-0.4, -0.2) is 11.1 Å². The van der Waals surface area contributed by atoms with E-state index >= 15 is 0 Å². The van der Waals surface area contributed by atoms with Crippen molar-refractivity contribution in [2.45, 2.75) is 19.8 Å². The van der Waals surface area contributed by atoms with E-state index in [2.05, 4.69) is 15.9 Å². The maximum absolute atomic E-state index is 13.5. The average Bonchev–Trinajstić information content (AvgIpc) is 2.10. The molecular formula is C11H12BrFO2. The second-order valence-corrected chi connectivity index (χ2v) is 4.64. The Labute approximate surface area is 96.2 Å². The average molecular weight is 275 g/mol. The fraction of sp³-hybridized carbons (Fsp3) is 0.364. The van der Waals surface area contributed by atoms with Gasteiger partial charge in [0, 0.05) is 10.0 Å². The second kappa shape index (κ2) is 4.75. The highest BCUT2D eigenvalue weighted by molar-refractivity contribution is 9.10. The summed E-state index contributed by atoms with van der Waals surface area (Å²) in [6, 6.07) is 4.35. The normalized spacial score (nSPS) is 12.9. The molecule has 0 radical (unpaired) electrons. The van der Waals surface area contributed by atoms with E-state index in [4.69, 9.17) is 5.11 Å². The molecule has 0 spiro atoms. The van der Waals surface area contributed by atoms with E-state index in [0.717, 1.165) is 0 Å². The third-order valence-electron chi connectivity index (χ3n) is 2.23. The van der Waals surface area contributed by atoms with Crippen LogP contribution < -0.4 is 0 Å². The molecule has 0 saturated carbocycles. The first kappa shape index (κ1) is 12.2. The van der Waals surface area contributed by atoms with E-state index in [1.807, 2.05) is 0 Å². The smallest absolute Gasteiger partial charge is 0.311 e. The number of aliphatic carboxylic acids is 1. The molecule has 1 unspecified atom stereocenters. The van der Waals surface area contributed by atoms with Crippen LogP contribution in [0.25, 0.3) is 0 Å². The molecule has 0 bridgehead atoms. The van der Waals surface area contributed by atoms with E-state index in [0.29, 0.717) is 4.47 Å². The van der Waals surface area contributed by atoms with Crippen LogP contribution in [0, 0.1) is 11.7 Å². The van der Waals surface area contributed by atoms with Crippen LogP contribution in [0.2, 0.25) is 0 Å². The summed E-state index contributed by atoms with van der Waals surface area (Å²) in [7, 11) is 0. The molecule has 82 valence electrons. The lowest BCUT2D eigenvalue weighted by Gasteiger charge is -2.17. The van der Waals surface area contributed by atoms with E-state index in [1.165, 1.54) is 12.1 Å². The van der Waals surface area contributed by atoms with Crippen LogP contribution >= 0.6 is 15.9 Å². The van der Waals surface area contributed by atoms with Gasteiger partial charge in [0.15, 0.2) is 0 Å². The zero-order valence-electron chi connectivity index (χ0n) is 8.50. The second-order valence-electron chi connectivity index (χ2n) is 3.73. The maximum Gasteiger partial charge on any atom is 0.311 e. The zero-order valence-corrected chi connectivity index (χ0v) is 10.1. The minimum absolute atomic E-state index is 0.147. The SMILES string of the molecule is CC(C)C(C(=O)O)c1cc(Br)ccc1F. The molecule has 0 saturated heterocycles. The predicted molar refractivity (Wildman–Crippen MR) is 59.3 cm³/mol. The number of rotatable bonds is 3. The minimum Gasteiger partial charge on any atom is -0.481 e. The number of hydrogen-bond donors (Lipinski definition) is 1. The van der Waals surface area contributed by atoms with Crippen LogP contribution in [0.5, 0.6) is 0 Å². The highest BCUT2D eigenvalue weighted by Gasteiger charge is 2.26. The minimum atomic E-state index is -0.998. The first-order valence-corrected chi connectivity index (χ1v) is 5.40. The van der Waals surface area contributed by atoms with Crippen LogP contribution in [-0.2, 0) is 4.79 Å². The third kappa shape index (κ3) is 2.78. The van der Waals surface area contributed by atoms with Crippen LogP contribution in [0.4, 0.5) is 4.39 Å². The molecule has 2 nitrogen and oxygen atoms in total. The summed E-state index contributed by atoms with van der Waals surface area (Å²) in [6.07, 6.45) is 0. The Morgan fingerprint density at radius 1 is 1.47 bits per heavy atom. The summed E-state index contributed by atoms with van der Waals surface area (Å²) in [6.45, 7) is 3.53. The molecule has 1 aromatic carbocycles. The van der Waals surface area contributed by atoms with E-state index in [-0.39, 0.29) is 11.5 Å². The lowest BCUT2D eigenvalue weighted by Crippen LogP contribution is -2.18. The van der Waals surface area contributed by atoms with Gasteiger partial charge in [0.05, 0.1) is 5.92 Å². The van der Waals surface area contributed by atoms with Crippen molar-refractivity contribution in [1.82, 2.24) is 0 Å². The molecule has 0 aliphatic rings. The molecule has 1 N–H and O–H groups in total. The number of carboxylic acid groups (broad SMARTS) is 1. The van der Waals surface area contributed by atoms with Gasteiger partial charge in [0.25, 0.3) is 0 Å². The number of carbonyl (C=O) groups is 1. The lowest BCUT2D eigenvalue weighted by molar-refractivity contribution is -0.139. The number of halogens is 2. The van der Waals surface area contributed by atoms with Gasteiger partial charge in [-0.15, -0.1) is 0 Å². The predicted octanol–water partition coefficient (Wildman–Crippen LogP) is 3.41. The van der Waals surface area contributed by atoms with E-state index < -0.39 is 17.7 Å². The Kier molecular flexibility index (Phi) is 3.85. The zero-order chi connectivity index (χ0) is 11.6. The van der Waals surface area contributed by atoms with Crippen LogP contribution in [0.3, 0.4) is 0 Å². The summed E-state index contributed by atoms with van der Waals surface area (Å²) in [5.74, 6) is -2.42. The van der Waals surface area contributed by atoms with Gasteiger partial charge in [-0.25, -0.2) is 4.39 Å². The van der Waals surface area contributed by atoms with E-state index in [9.17, 15) is 9.18 Å². The van der Waals surface area contributed by atoms with Crippen molar-refractivity contribution in [2.75, 3.05) is 0 Å². The van der Waals surface area contributed by atoms with Crippen LogP contribution in [0.15, 0.2) is 22.7 Å². The van der Waals surface area contributed by atoms with Gasteiger partial charge in [-0.3, -0.25) is 4.79 Å². The fourth-order valence-corrected chi connectivity index (χ4v) is 1.91. The molecule has 0 fully saturated rings. The van der Waals surface area contributed by atoms with Crippen molar-refractivity contribution in [2.24, 2.45) is 5.92 Å². The lowest BCUT2D eigenvalue weighted by atomic mass is 9.88. The molecule has 1 rings (SSSR count). The topological polar surface area (TPSA) is 37.3 Å². The molecule has 0 amide bonds. The highest BCUT2D eigenvalue weighted by Crippen LogP contribution is 2.29. The molecule has 1 aromatic rings. The van der Waals surface area contributed by atoms with Crippen molar-refractivity contribution < 1.29 is 14.3 Å². The summed E-state index contributed by atoms with van der Waals surface area (Å²) in [4.78, 5) is 11.0. The molecule has 0 heterocycles. The molecule has 4 heteroatoms. The van der Waals surface area contributed by atoms with Gasteiger partial charge >= 0.3 is 5.97 Å². The number of hydrogen-bond acceptors (Lipinski definition) is 1. The Morgan fingerprint density at radius 3 is 2.53 bits per heavy atom. The first-order chi connectivity index (χ1) is 6.93. The summed E-state index contributed by atoms with van der Waals surface area (Å²) >= 11 is 3.20. The monoisotopic (exact) mass is 274 g/mol. The molecule has 0 aromatic heterocycles. The molecular weight excluding hydrogens is 263 g/mol. The van der Waals surface area contributed by atoms with Gasteiger partial charge in [-0.1, -0.05) is 29.8 Å². The maximum atomic E-state index is 13.5. The Bertz CT molecular complexity index is 377. The first-order valence-electron chi connectivity index (χ1n) is 4.61. The van der Waals surface area contributed by atoms with Crippen molar-refractivity contribution in [3.8, 4) is 0 Å². The quantitative estimate of drug-likeness (QED) is 0.917. The van der Waals surface area contributed by atoms with Crippen molar-refractivity contribution in [1.29, 1.82) is 0 Å². The Balaban J connectivity index is 3.22. The van der Waals surface area contributed by atoms with Crippen LogP contribution in [0.1, 0.15) is 25.3 Å². The summed E-state index contributed by atoms with van der Waals surface area (Å²) < 4.78 is 14.1. The Morgan fingerprint density at radius 2 is 2.07 bits per heavy atom. The summed E-state index contributed by atoms with van der Waals surface area (Å²) in [5, 5.41) is 9.03. The molecule has 1 atom stereocenters. The fourth-order valence-electron chi connectivity index (χ4n) is 1.53. The Hall–Kier alpha value is -0.900. The van der Waals surface area contributed by atoms with Crippen molar-refractivity contribution >= 4 is 21.9 Å². The molecule has 0 aliphatic carbocycles. The van der Waals surface area contributed by atoms with Gasteiger partial charge in [0.2, 0.25) is 0 Å². The largest absolute Gasteiger partial charge is 0.481 e. The standard InChI is InChI=1S/C11H12BrFO2/c1-6(2)10(11(14)15)8-5-7(12)3-4-9(8)13/h3-6,10H,1-2H3,(H,14,15). The third-order valence-corrected chi connectivity index (χ3v) is 2.72. The molecule has 0 aliphatic heterocycles. The number of carboxylic acids is 1. The van der Waals surface area contributed by atoms with Crippen molar-refractivity contribution in [3.05, 3.63) is 34.1 Å². The molecule has 15 heavy (non-hydrogen) atoms. The van der Waals surface area contributed by atoms with Gasteiger partial charge in [0.1, 0.15) is 5.82 Å². The van der Waals surface area contributed by atoms with Gasteiger partial charge < -0.3 is 5.11 Å².